The molecule has 3 aromatic rings. The van der Waals surface area contributed by atoms with Gasteiger partial charge in [-0.05, 0) is 37.0 Å². The number of thiophene rings is 1. The molecule has 3 heterocycles. The van der Waals surface area contributed by atoms with Crippen molar-refractivity contribution in [1.82, 2.24) is 14.9 Å². The summed E-state index contributed by atoms with van der Waals surface area (Å²) < 4.78 is 1.76. The summed E-state index contributed by atoms with van der Waals surface area (Å²) in [6.45, 7) is 2.87. The minimum atomic E-state index is -0.201. The highest BCUT2D eigenvalue weighted by Gasteiger charge is 2.22. The summed E-state index contributed by atoms with van der Waals surface area (Å²) in [6, 6.07) is 7.41. The van der Waals surface area contributed by atoms with Gasteiger partial charge in [-0.15, -0.1) is 11.3 Å². The van der Waals surface area contributed by atoms with Crippen LogP contribution in [0.2, 0.25) is 5.02 Å². The summed E-state index contributed by atoms with van der Waals surface area (Å²) in [5.74, 6) is 0.630. The van der Waals surface area contributed by atoms with Gasteiger partial charge < -0.3 is 5.32 Å². The number of carbonyl (C=O) groups excluding carboxylic acids is 1. The molecule has 4 rings (SSSR count). The van der Waals surface area contributed by atoms with Gasteiger partial charge in [0.1, 0.15) is 10.7 Å². The Bertz CT molecular complexity index is 1070. The molecule has 5 nitrogen and oxygen atoms in total. The minimum absolute atomic E-state index is 0.0244. The predicted molar refractivity (Wildman–Crippen MR) is 104 cm³/mol. The van der Waals surface area contributed by atoms with Gasteiger partial charge in [0.15, 0.2) is 0 Å². The number of benzene rings is 1. The summed E-state index contributed by atoms with van der Waals surface area (Å²) in [7, 11) is 0. The SMILES string of the molecule is Cc1c(C(=O)NCc2ccccc2Cl)sc2nc3n(c(=O)c12)CCCC3. The van der Waals surface area contributed by atoms with Crippen molar-refractivity contribution in [3.8, 4) is 0 Å². The van der Waals surface area contributed by atoms with Gasteiger partial charge in [-0.2, -0.15) is 0 Å². The molecule has 0 radical (unpaired) electrons. The molecule has 1 amide bonds. The second-order valence-electron chi connectivity index (χ2n) is 6.45. The molecule has 1 aromatic carbocycles. The van der Waals surface area contributed by atoms with E-state index in [1.165, 1.54) is 11.3 Å². The Morgan fingerprint density at radius 2 is 2.15 bits per heavy atom. The molecule has 0 saturated carbocycles. The molecular formula is C19H18ClN3O2S. The first kappa shape index (κ1) is 17.2. The summed E-state index contributed by atoms with van der Waals surface area (Å²) in [4.78, 5) is 31.4. The molecule has 0 aliphatic carbocycles. The molecule has 7 heteroatoms. The van der Waals surface area contributed by atoms with Crippen molar-refractivity contribution >= 4 is 39.1 Å². The zero-order chi connectivity index (χ0) is 18.3. The normalized spacial score (nSPS) is 13.6. The number of fused-ring (bicyclic) bond motifs is 2. The van der Waals surface area contributed by atoms with Gasteiger partial charge in [0, 0.05) is 24.5 Å². The number of aryl methyl sites for hydroxylation is 2. The number of hydrogen-bond donors (Lipinski definition) is 1. The van der Waals surface area contributed by atoms with E-state index in [0.717, 1.165) is 30.7 Å². The van der Waals surface area contributed by atoms with Crippen molar-refractivity contribution in [1.29, 1.82) is 0 Å². The van der Waals surface area contributed by atoms with Crippen LogP contribution < -0.4 is 10.9 Å². The largest absolute Gasteiger partial charge is 0.347 e. The topological polar surface area (TPSA) is 64.0 Å². The monoisotopic (exact) mass is 387 g/mol. The van der Waals surface area contributed by atoms with Gasteiger partial charge in [0.2, 0.25) is 0 Å². The smallest absolute Gasteiger partial charge is 0.262 e. The Labute approximate surface area is 159 Å². The van der Waals surface area contributed by atoms with Crippen LogP contribution in [0, 0.1) is 6.92 Å². The lowest BCUT2D eigenvalue weighted by Crippen LogP contribution is -2.28. The molecule has 1 aliphatic rings. The summed E-state index contributed by atoms with van der Waals surface area (Å²) >= 11 is 7.43. The molecule has 26 heavy (non-hydrogen) atoms. The number of halogens is 1. The Morgan fingerprint density at radius 1 is 1.35 bits per heavy atom. The van der Waals surface area contributed by atoms with Gasteiger partial charge >= 0.3 is 0 Å². The van der Waals surface area contributed by atoms with E-state index in [2.05, 4.69) is 10.3 Å². The van der Waals surface area contributed by atoms with Gasteiger partial charge in [-0.1, -0.05) is 29.8 Å². The number of carbonyl (C=O) groups is 1. The Kier molecular flexibility index (Phi) is 4.54. The third-order valence-corrected chi connectivity index (χ3v) is 6.32. The van der Waals surface area contributed by atoms with E-state index >= 15 is 0 Å². The average Bonchev–Trinajstić information content (AvgIpc) is 2.98. The highest BCUT2D eigenvalue weighted by atomic mass is 35.5. The second-order valence-corrected chi connectivity index (χ2v) is 7.86. The highest BCUT2D eigenvalue weighted by molar-refractivity contribution is 7.20. The van der Waals surface area contributed by atoms with E-state index in [1.54, 1.807) is 10.6 Å². The Morgan fingerprint density at radius 3 is 2.96 bits per heavy atom. The van der Waals surface area contributed by atoms with E-state index in [0.29, 0.717) is 38.8 Å². The van der Waals surface area contributed by atoms with E-state index in [9.17, 15) is 9.59 Å². The minimum Gasteiger partial charge on any atom is -0.347 e. The second kappa shape index (κ2) is 6.85. The fourth-order valence-electron chi connectivity index (χ4n) is 3.35. The van der Waals surface area contributed by atoms with Crippen molar-refractivity contribution in [2.45, 2.75) is 39.3 Å². The molecular weight excluding hydrogens is 370 g/mol. The van der Waals surface area contributed by atoms with Crippen molar-refractivity contribution in [2.24, 2.45) is 0 Å². The number of nitrogens with one attached hydrogen (secondary N) is 1. The molecule has 0 spiro atoms. The third kappa shape index (κ3) is 2.93. The van der Waals surface area contributed by atoms with E-state index in [-0.39, 0.29) is 11.5 Å². The van der Waals surface area contributed by atoms with Crippen LogP contribution in [-0.4, -0.2) is 15.5 Å². The molecule has 0 fully saturated rings. The van der Waals surface area contributed by atoms with E-state index < -0.39 is 0 Å². The van der Waals surface area contributed by atoms with Crippen molar-refractivity contribution in [3.05, 3.63) is 61.5 Å². The molecule has 0 saturated heterocycles. The highest BCUT2D eigenvalue weighted by Crippen LogP contribution is 2.28. The fraction of sp³-hybridized carbons (Fsp3) is 0.316. The maximum atomic E-state index is 12.8. The molecule has 1 N–H and O–H groups in total. The first-order chi connectivity index (χ1) is 12.6. The first-order valence-corrected chi connectivity index (χ1v) is 9.80. The number of rotatable bonds is 3. The molecule has 134 valence electrons. The van der Waals surface area contributed by atoms with Crippen LogP contribution in [0.15, 0.2) is 29.1 Å². The zero-order valence-electron chi connectivity index (χ0n) is 14.3. The lowest BCUT2D eigenvalue weighted by molar-refractivity contribution is 0.0954. The van der Waals surface area contributed by atoms with Crippen molar-refractivity contribution in [3.63, 3.8) is 0 Å². The maximum Gasteiger partial charge on any atom is 0.262 e. The average molecular weight is 388 g/mol. The third-order valence-electron chi connectivity index (χ3n) is 4.76. The Hall–Kier alpha value is -2.18. The Balaban J connectivity index is 1.67. The zero-order valence-corrected chi connectivity index (χ0v) is 15.9. The van der Waals surface area contributed by atoms with Crippen LogP contribution >= 0.6 is 22.9 Å². The standard InChI is InChI=1S/C19H18ClN3O2S/c1-11-15-18(22-14-8-4-5-9-23(14)19(15)25)26-16(11)17(24)21-10-12-6-2-3-7-13(12)20/h2-3,6-7H,4-5,8-10H2,1H3,(H,21,24). The van der Waals surface area contributed by atoms with E-state index in [4.69, 9.17) is 11.6 Å². The number of aromatic nitrogens is 2. The van der Waals surface area contributed by atoms with Crippen LogP contribution in [0.4, 0.5) is 0 Å². The quantitative estimate of drug-likeness (QED) is 0.745. The molecule has 0 bridgehead atoms. The lowest BCUT2D eigenvalue weighted by Gasteiger charge is -2.16. The molecule has 0 atom stereocenters. The van der Waals surface area contributed by atoms with Crippen LogP contribution in [0.3, 0.4) is 0 Å². The maximum absolute atomic E-state index is 12.8. The van der Waals surface area contributed by atoms with Crippen LogP contribution in [0.25, 0.3) is 10.2 Å². The summed E-state index contributed by atoms with van der Waals surface area (Å²) in [5, 5.41) is 4.09. The summed E-state index contributed by atoms with van der Waals surface area (Å²) in [6.07, 6.45) is 2.86. The number of amides is 1. The van der Waals surface area contributed by atoms with Crippen LogP contribution in [0.1, 0.15) is 39.5 Å². The lowest BCUT2D eigenvalue weighted by atomic mass is 10.1. The van der Waals surface area contributed by atoms with Crippen molar-refractivity contribution in [2.75, 3.05) is 0 Å². The molecule has 2 aromatic heterocycles. The fourth-order valence-corrected chi connectivity index (χ4v) is 4.66. The van der Waals surface area contributed by atoms with Gasteiger partial charge in [0.25, 0.3) is 11.5 Å². The van der Waals surface area contributed by atoms with Crippen molar-refractivity contribution < 1.29 is 4.79 Å². The number of hydrogen-bond acceptors (Lipinski definition) is 4. The van der Waals surface area contributed by atoms with Gasteiger partial charge in [-0.3, -0.25) is 14.2 Å². The summed E-state index contributed by atoms with van der Waals surface area (Å²) in [5.41, 5.74) is 1.54. The predicted octanol–water partition coefficient (Wildman–Crippen LogP) is 3.69. The van der Waals surface area contributed by atoms with Crippen LogP contribution in [0.5, 0.6) is 0 Å². The molecule has 0 unspecified atom stereocenters. The van der Waals surface area contributed by atoms with Gasteiger partial charge in [0.05, 0.1) is 10.3 Å². The number of nitrogens with zero attached hydrogens (tertiary/aromatic N) is 2. The molecule has 1 aliphatic heterocycles. The van der Waals surface area contributed by atoms with Crippen LogP contribution in [-0.2, 0) is 19.5 Å². The first-order valence-electron chi connectivity index (χ1n) is 8.60. The van der Waals surface area contributed by atoms with Gasteiger partial charge in [-0.25, -0.2) is 4.98 Å². The van der Waals surface area contributed by atoms with E-state index in [1.807, 2.05) is 25.1 Å².